The highest BCUT2D eigenvalue weighted by Gasteiger charge is 2.23. The number of likely N-dealkylation sites (tertiary alicyclic amines) is 1. The predicted molar refractivity (Wildman–Crippen MR) is 55.7 cm³/mol. The number of rotatable bonds is 2. The van der Waals surface area contributed by atoms with Crippen molar-refractivity contribution in [3.63, 3.8) is 0 Å². The molecule has 1 aromatic carbocycles. The number of benzene rings is 1. The molecule has 1 unspecified atom stereocenters. The van der Waals surface area contributed by atoms with Gasteiger partial charge >= 0.3 is 0 Å². The van der Waals surface area contributed by atoms with Crippen LogP contribution in [0.4, 0.5) is 0 Å². The van der Waals surface area contributed by atoms with Crippen molar-refractivity contribution in [2.45, 2.75) is 25.8 Å². The van der Waals surface area contributed by atoms with E-state index >= 15 is 0 Å². The van der Waals surface area contributed by atoms with Gasteiger partial charge in [0.25, 0.3) is 0 Å². The Labute approximate surface area is 80.4 Å². The smallest absolute Gasteiger partial charge is 0.0348 e. The molecule has 1 aromatic rings. The van der Waals surface area contributed by atoms with E-state index < -0.39 is 0 Å². The Balaban J connectivity index is 2.16. The van der Waals surface area contributed by atoms with Gasteiger partial charge in [-0.1, -0.05) is 37.3 Å². The van der Waals surface area contributed by atoms with Gasteiger partial charge in [-0.2, -0.15) is 0 Å². The van der Waals surface area contributed by atoms with Gasteiger partial charge in [0.2, 0.25) is 0 Å². The average Bonchev–Trinajstić information content (AvgIpc) is 2.67. The van der Waals surface area contributed by atoms with Crippen LogP contribution in [0.5, 0.6) is 0 Å². The van der Waals surface area contributed by atoms with E-state index in [1.807, 2.05) is 0 Å². The monoisotopic (exact) mass is 175 g/mol. The van der Waals surface area contributed by atoms with Crippen LogP contribution in [0.2, 0.25) is 0 Å². The summed E-state index contributed by atoms with van der Waals surface area (Å²) in [4.78, 5) is 2.56. The zero-order valence-corrected chi connectivity index (χ0v) is 8.24. The molecule has 1 aliphatic heterocycles. The fourth-order valence-corrected chi connectivity index (χ4v) is 2.26. The van der Waals surface area contributed by atoms with Crippen LogP contribution in [0.1, 0.15) is 31.4 Å². The maximum atomic E-state index is 2.56. The molecule has 1 nitrogen and oxygen atoms in total. The van der Waals surface area contributed by atoms with Crippen molar-refractivity contribution in [2.75, 3.05) is 13.1 Å². The average molecular weight is 175 g/mol. The van der Waals surface area contributed by atoms with Crippen LogP contribution in [0.15, 0.2) is 30.3 Å². The van der Waals surface area contributed by atoms with Crippen LogP contribution < -0.4 is 0 Å². The van der Waals surface area contributed by atoms with Crippen molar-refractivity contribution in [3.8, 4) is 0 Å². The fraction of sp³-hybridized carbons (Fsp3) is 0.500. The molecule has 0 aliphatic carbocycles. The predicted octanol–water partition coefficient (Wildman–Crippen LogP) is 2.84. The number of hydrogen-bond donors (Lipinski definition) is 0. The topological polar surface area (TPSA) is 3.24 Å². The lowest BCUT2D eigenvalue weighted by Gasteiger charge is -2.22. The summed E-state index contributed by atoms with van der Waals surface area (Å²) in [6.07, 6.45) is 2.69. The second kappa shape index (κ2) is 3.93. The summed E-state index contributed by atoms with van der Waals surface area (Å²) in [5.74, 6) is 0. The third-order valence-electron chi connectivity index (χ3n) is 2.95. The van der Waals surface area contributed by atoms with Crippen molar-refractivity contribution >= 4 is 0 Å². The molecule has 1 fully saturated rings. The number of nitrogens with zero attached hydrogens (tertiary/aromatic N) is 1. The minimum absolute atomic E-state index is 0.686. The van der Waals surface area contributed by atoms with Gasteiger partial charge in [-0.15, -0.1) is 0 Å². The van der Waals surface area contributed by atoms with E-state index in [0.29, 0.717) is 6.04 Å². The van der Waals surface area contributed by atoms with Gasteiger partial charge in [0.05, 0.1) is 0 Å². The molecule has 0 aromatic heterocycles. The number of hydrogen-bond acceptors (Lipinski definition) is 1. The van der Waals surface area contributed by atoms with E-state index in [4.69, 9.17) is 0 Å². The molecule has 0 bridgehead atoms. The van der Waals surface area contributed by atoms with Gasteiger partial charge in [0.15, 0.2) is 0 Å². The molecule has 0 radical (unpaired) electrons. The third-order valence-corrected chi connectivity index (χ3v) is 2.95. The Kier molecular flexibility index (Phi) is 2.65. The molecule has 0 amide bonds. The molecule has 1 aliphatic rings. The van der Waals surface area contributed by atoms with Crippen LogP contribution in [0.25, 0.3) is 0 Å². The lowest BCUT2D eigenvalue weighted by atomic mass is 10.1. The molecule has 2 rings (SSSR count). The molecular weight excluding hydrogens is 158 g/mol. The van der Waals surface area contributed by atoms with Crippen molar-refractivity contribution in [1.82, 2.24) is 4.90 Å². The normalized spacial score (nSPS) is 23.6. The molecule has 1 heterocycles. The van der Waals surface area contributed by atoms with Crippen LogP contribution in [-0.4, -0.2) is 18.0 Å². The highest BCUT2D eigenvalue weighted by atomic mass is 15.2. The summed E-state index contributed by atoms with van der Waals surface area (Å²) in [5, 5.41) is 0. The summed E-state index contributed by atoms with van der Waals surface area (Å²) in [6.45, 7) is 4.71. The highest BCUT2D eigenvalue weighted by molar-refractivity contribution is 5.19. The quantitative estimate of drug-likeness (QED) is 0.668. The van der Waals surface area contributed by atoms with Crippen LogP contribution in [0.3, 0.4) is 0 Å². The van der Waals surface area contributed by atoms with Gasteiger partial charge in [0.1, 0.15) is 0 Å². The highest BCUT2D eigenvalue weighted by Crippen LogP contribution is 2.30. The molecule has 1 heteroatoms. The first-order valence-corrected chi connectivity index (χ1v) is 5.21. The summed E-state index contributed by atoms with van der Waals surface area (Å²) in [5.41, 5.74) is 1.49. The fourth-order valence-electron chi connectivity index (χ4n) is 2.26. The third kappa shape index (κ3) is 1.75. The maximum absolute atomic E-state index is 2.56. The van der Waals surface area contributed by atoms with E-state index in [0.717, 1.165) is 0 Å². The van der Waals surface area contributed by atoms with Gasteiger partial charge in [0, 0.05) is 6.04 Å². The van der Waals surface area contributed by atoms with Gasteiger partial charge in [-0.3, -0.25) is 4.90 Å². The first kappa shape index (κ1) is 8.76. The van der Waals surface area contributed by atoms with E-state index in [1.54, 1.807) is 0 Å². The van der Waals surface area contributed by atoms with E-state index in [1.165, 1.54) is 31.5 Å². The SMILES string of the molecule is CCN1CCCC1c1ccccc1. The molecule has 0 spiro atoms. The molecule has 70 valence electrons. The van der Waals surface area contributed by atoms with Crippen molar-refractivity contribution < 1.29 is 0 Å². The molecular formula is C12H17N. The summed E-state index contributed by atoms with van der Waals surface area (Å²) in [7, 11) is 0. The first-order valence-electron chi connectivity index (χ1n) is 5.21. The zero-order chi connectivity index (χ0) is 9.10. The van der Waals surface area contributed by atoms with Gasteiger partial charge < -0.3 is 0 Å². The Bertz CT molecular complexity index is 255. The van der Waals surface area contributed by atoms with E-state index in [-0.39, 0.29) is 0 Å². The molecule has 13 heavy (non-hydrogen) atoms. The largest absolute Gasteiger partial charge is 0.297 e. The molecule has 1 saturated heterocycles. The van der Waals surface area contributed by atoms with Crippen molar-refractivity contribution in [2.24, 2.45) is 0 Å². The van der Waals surface area contributed by atoms with E-state index in [9.17, 15) is 0 Å². The Morgan fingerprint density at radius 2 is 2.08 bits per heavy atom. The molecule has 0 saturated carbocycles. The standard InChI is InChI=1S/C12H17N/c1-2-13-10-6-9-12(13)11-7-4-3-5-8-11/h3-5,7-8,12H,2,6,9-10H2,1H3. The van der Waals surface area contributed by atoms with Gasteiger partial charge in [-0.25, -0.2) is 0 Å². The Hall–Kier alpha value is -0.820. The van der Waals surface area contributed by atoms with Crippen molar-refractivity contribution in [1.29, 1.82) is 0 Å². The second-order valence-corrected chi connectivity index (χ2v) is 3.70. The minimum atomic E-state index is 0.686. The molecule has 1 atom stereocenters. The van der Waals surface area contributed by atoms with E-state index in [2.05, 4.69) is 42.2 Å². The maximum Gasteiger partial charge on any atom is 0.0348 e. The first-order chi connectivity index (χ1) is 6.42. The van der Waals surface area contributed by atoms with Crippen LogP contribution in [0, 0.1) is 0 Å². The zero-order valence-electron chi connectivity index (χ0n) is 8.24. The summed E-state index contributed by atoms with van der Waals surface area (Å²) >= 11 is 0. The molecule has 0 N–H and O–H groups in total. The minimum Gasteiger partial charge on any atom is -0.297 e. The van der Waals surface area contributed by atoms with Crippen molar-refractivity contribution in [3.05, 3.63) is 35.9 Å². The lowest BCUT2D eigenvalue weighted by molar-refractivity contribution is 0.271. The Morgan fingerprint density at radius 1 is 1.31 bits per heavy atom. The van der Waals surface area contributed by atoms with Gasteiger partial charge in [-0.05, 0) is 31.5 Å². The lowest BCUT2D eigenvalue weighted by Crippen LogP contribution is -2.22. The Morgan fingerprint density at radius 3 is 2.77 bits per heavy atom. The second-order valence-electron chi connectivity index (χ2n) is 3.70. The van der Waals surface area contributed by atoms with Crippen LogP contribution >= 0.6 is 0 Å². The summed E-state index contributed by atoms with van der Waals surface area (Å²) < 4.78 is 0. The summed E-state index contributed by atoms with van der Waals surface area (Å²) in [6, 6.07) is 11.6. The van der Waals surface area contributed by atoms with Crippen LogP contribution in [-0.2, 0) is 0 Å².